The minimum atomic E-state index is -0.156. The Morgan fingerprint density at radius 1 is 1.32 bits per heavy atom. The zero-order chi connectivity index (χ0) is 14.3. The van der Waals surface area contributed by atoms with E-state index in [1.54, 1.807) is 0 Å². The first-order valence-corrected chi connectivity index (χ1v) is 7.34. The van der Waals surface area contributed by atoms with Crippen molar-refractivity contribution in [2.75, 3.05) is 5.32 Å². The molecule has 2 atom stereocenters. The highest BCUT2D eigenvalue weighted by molar-refractivity contribution is 7.15. The highest BCUT2D eigenvalue weighted by atomic mass is 35.5. The number of halogens is 2. The topological polar surface area (TPSA) is 80.9 Å². The Labute approximate surface area is 145 Å². The SMILES string of the molecule is Cc1nnc(NC(=O)c2ccc(C)c(C3CC3N)c2)s1.Cl.Cl. The number of nitrogens with zero attached hydrogens (tertiary/aromatic N) is 2. The van der Waals surface area contributed by atoms with Crippen LogP contribution in [0.3, 0.4) is 0 Å². The molecule has 0 radical (unpaired) electrons. The summed E-state index contributed by atoms with van der Waals surface area (Å²) in [5.41, 5.74) is 8.90. The molecule has 1 aliphatic rings. The molecule has 3 N–H and O–H groups in total. The van der Waals surface area contributed by atoms with Crippen LogP contribution in [0.2, 0.25) is 0 Å². The van der Waals surface area contributed by atoms with Crippen molar-refractivity contribution in [2.24, 2.45) is 5.73 Å². The molecule has 1 aromatic carbocycles. The molecule has 1 saturated carbocycles. The number of benzene rings is 1. The number of amides is 1. The fourth-order valence-electron chi connectivity index (χ4n) is 2.27. The molecule has 0 spiro atoms. The van der Waals surface area contributed by atoms with Crippen LogP contribution in [0, 0.1) is 13.8 Å². The van der Waals surface area contributed by atoms with Crippen LogP contribution in [-0.4, -0.2) is 22.1 Å². The Hall–Kier alpha value is -1.21. The van der Waals surface area contributed by atoms with E-state index in [-0.39, 0.29) is 36.8 Å². The number of carbonyl (C=O) groups excluding carboxylic acids is 1. The number of nitrogens with one attached hydrogen (secondary N) is 1. The smallest absolute Gasteiger partial charge is 0.257 e. The van der Waals surface area contributed by atoms with Crippen molar-refractivity contribution in [1.29, 1.82) is 0 Å². The number of aromatic nitrogens is 2. The molecule has 1 amide bonds. The summed E-state index contributed by atoms with van der Waals surface area (Å²) in [7, 11) is 0. The second-order valence-electron chi connectivity index (χ2n) is 5.16. The third kappa shape index (κ3) is 3.95. The summed E-state index contributed by atoms with van der Waals surface area (Å²) in [5.74, 6) is 0.239. The van der Waals surface area contributed by atoms with E-state index >= 15 is 0 Å². The molecular formula is C14H18Cl2N4OS. The second kappa shape index (κ2) is 7.37. The molecule has 1 heterocycles. The predicted octanol–water partition coefficient (Wildman–Crippen LogP) is 3.07. The second-order valence-corrected chi connectivity index (χ2v) is 6.34. The normalized spacial score (nSPS) is 18.9. The van der Waals surface area contributed by atoms with Gasteiger partial charge in [-0.25, -0.2) is 0 Å². The van der Waals surface area contributed by atoms with Crippen molar-refractivity contribution in [3.63, 3.8) is 0 Å². The minimum absolute atomic E-state index is 0. The fraction of sp³-hybridized carbons (Fsp3) is 0.357. The minimum Gasteiger partial charge on any atom is -0.327 e. The molecule has 5 nitrogen and oxygen atoms in total. The van der Waals surface area contributed by atoms with Crippen molar-refractivity contribution < 1.29 is 4.79 Å². The third-order valence-electron chi connectivity index (χ3n) is 3.53. The maximum Gasteiger partial charge on any atom is 0.257 e. The molecule has 1 aliphatic carbocycles. The first-order valence-electron chi connectivity index (χ1n) is 6.52. The lowest BCUT2D eigenvalue weighted by atomic mass is 10.0. The molecule has 1 aromatic heterocycles. The van der Waals surface area contributed by atoms with Crippen LogP contribution < -0.4 is 11.1 Å². The molecule has 0 bridgehead atoms. The Bertz CT molecular complexity index is 677. The van der Waals surface area contributed by atoms with E-state index in [2.05, 4.69) is 22.4 Å². The van der Waals surface area contributed by atoms with E-state index in [4.69, 9.17) is 5.73 Å². The Kier molecular flexibility index (Phi) is 6.31. The maximum absolute atomic E-state index is 12.2. The van der Waals surface area contributed by atoms with Gasteiger partial charge in [0.15, 0.2) is 0 Å². The largest absolute Gasteiger partial charge is 0.327 e. The van der Waals surface area contributed by atoms with Gasteiger partial charge in [0.25, 0.3) is 5.91 Å². The fourth-order valence-corrected chi connectivity index (χ4v) is 2.86. The van der Waals surface area contributed by atoms with Gasteiger partial charge in [-0.1, -0.05) is 17.4 Å². The van der Waals surface area contributed by atoms with Gasteiger partial charge in [-0.2, -0.15) is 0 Å². The van der Waals surface area contributed by atoms with Gasteiger partial charge in [-0.15, -0.1) is 35.0 Å². The Morgan fingerprint density at radius 2 is 2.00 bits per heavy atom. The highest BCUT2D eigenvalue weighted by Crippen LogP contribution is 2.40. The van der Waals surface area contributed by atoms with Crippen LogP contribution in [0.25, 0.3) is 0 Å². The van der Waals surface area contributed by atoms with E-state index < -0.39 is 0 Å². The quantitative estimate of drug-likeness (QED) is 0.880. The van der Waals surface area contributed by atoms with Gasteiger partial charge in [-0.3, -0.25) is 10.1 Å². The first kappa shape index (κ1) is 18.8. The summed E-state index contributed by atoms with van der Waals surface area (Å²) in [6, 6.07) is 5.98. The number of carbonyl (C=O) groups is 1. The number of nitrogens with two attached hydrogens (primary N) is 1. The van der Waals surface area contributed by atoms with Gasteiger partial charge in [0, 0.05) is 17.5 Å². The van der Waals surface area contributed by atoms with Crippen LogP contribution in [-0.2, 0) is 0 Å². The van der Waals surface area contributed by atoms with Crippen LogP contribution >= 0.6 is 36.2 Å². The van der Waals surface area contributed by atoms with E-state index in [0.717, 1.165) is 11.4 Å². The van der Waals surface area contributed by atoms with Gasteiger partial charge in [-0.05, 0) is 43.5 Å². The molecule has 8 heteroatoms. The number of rotatable bonds is 3. The summed E-state index contributed by atoms with van der Waals surface area (Å²) in [4.78, 5) is 12.2. The summed E-state index contributed by atoms with van der Waals surface area (Å²) < 4.78 is 0. The molecule has 0 saturated heterocycles. The van der Waals surface area contributed by atoms with Crippen LogP contribution in [0.4, 0.5) is 5.13 Å². The summed E-state index contributed by atoms with van der Waals surface area (Å²) in [6.07, 6.45) is 1.00. The average Bonchev–Trinajstić information content (AvgIpc) is 2.99. The van der Waals surface area contributed by atoms with Crippen molar-refractivity contribution in [3.05, 3.63) is 39.9 Å². The average molecular weight is 361 g/mol. The van der Waals surface area contributed by atoms with Gasteiger partial charge in [0.1, 0.15) is 5.01 Å². The molecule has 0 aliphatic heterocycles. The molecular weight excluding hydrogens is 343 g/mol. The molecule has 22 heavy (non-hydrogen) atoms. The zero-order valence-corrected chi connectivity index (χ0v) is 14.6. The molecule has 3 rings (SSSR count). The molecule has 2 unspecified atom stereocenters. The van der Waals surface area contributed by atoms with Crippen LogP contribution in [0.15, 0.2) is 18.2 Å². The standard InChI is InChI=1S/C14H16N4OS.2ClH/c1-7-3-4-9(5-10(7)11-6-12(11)15)13(19)16-14-18-17-8(2)20-14;;/h3-5,11-12H,6,15H2,1-2H3,(H,16,18,19);2*1H. The van der Waals surface area contributed by atoms with Crippen molar-refractivity contribution in [3.8, 4) is 0 Å². The number of anilines is 1. The zero-order valence-electron chi connectivity index (χ0n) is 12.2. The summed E-state index contributed by atoms with van der Waals surface area (Å²) in [5, 5.41) is 11.9. The van der Waals surface area contributed by atoms with Gasteiger partial charge >= 0.3 is 0 Å². The predicted molar refractivity (Wildman–Crippen MR) is 93.6 cm³/mol. The maximum atomic E-state index is 12.2. The van der Waals surface area contributed by atoms with Gasteiger partial charge in [0.2, 0.25) is 5.13 Å². The Balaban J connectivity index is 0.00000121. The lowest BCUT2D eigenvalue weighted by Crippen LogP contribution is -2.12. The summed E-state index contributed by atoms with van der Waals surface area (Å²) in [6.45, 7) is 3.90. The molecule has 1 fully saturated rings. The summed E-state index contributed by atoms with van der Waals surface area (Å²) >= 11 is 1.36. The van der Waals surface area contributed by atoms with Gasteiger partial charge < -0.3 is 5.73 Å². The van der Waals surface area contributed by atoms with E-state index in [1.807, 2.05) is 25.1 Å². The first-order chi connectivity index (χ1) is 9.54. The van der Waals surface area contributed by atoms with Crippen molar-refractivity contribution in [2.45, 2.75) is 32.2 Å². The number of hydrogen-bond donors (Lipinski definition) is 2. The highest BCUT2D eigenvalue weighted by Gasteiger charge is 2.36. The molecule has 2 aromatic rings. The lowest BCUT2D eigenvalue weighted by molar-refractivity contribution is 0.102. The monoisotopic (exact) mass is 360 g/mol. The molecule has 120 valence electrons. The van der Waals surface area contributed by atoms with E-state index in [1.165, 1.54) is 22.5 Å². The Morgan fingerprint density at radius 3 is 2.55 bits per heavy atom. The van der Waals surface area contributed by atoms with Crippen molar-refractivity contribution in [1.82, 2.24) is 10.2 Å². The number of hydrogen-bond acceptors (Lipinski definition) is 5. The van der Waals surface area contributed by atoms with Gasteiger partial charge in [0.05, 0.1) is 0 Å². The van der Waals surface area contributed by atoms with Crippen LogP contribution in [0.1, 0.15) is 38.8 Å². The van der Waals surface area contributed by atoms with Crippen LogP contribution in [0.5, 0.6) is 0 Å². The third-order valence-corrected chi connectivity index (χ3v) is 4.28. The van der Waals surface area contributed by atoms with Crippen molar-refractivity contribution >= 4 is 47.2 Å². The van der Waals surface area contributed by atoms with E-state index in [9.17, 15) is 4.79 Å². The number of aryl methyl sites for hydroxylation is 2. The lowest BCUT2D eigenvalue weighted by Gasteiger charge is -2.08. The van der Waals surface area contributed by atoms with E-state index in [0.29, 0.717) is 16.6 Å².